The molecule has 2 rings (SSSR count). The predicted molar refractivity (Wildman–Crippen MR) is 124 cm³/mol. The number of hydrogen-bond donors (Lipinski definition) is 4. The Balaban J connectivity index is 2.32. The number of alkyl carbamates (subject to hydrolysis) is 1. The highest BCUT2D eigenvalue weighted by Crippen LogP contribution is 2.38. The van der Waals surface area contributed by atoms with E-state index in [4.69, 9.17) is 16.3 Å². The fourth-order valence-corrected chi connectivity index (χ4v) is 3.59. The summed E-state index contributed by atoms with van der Waals surface area (Å²) in [5.41, 5.74) is -2.07. The van der Waals surface area contributed by atoms with Crippen molar-refractivity contribution in [2.45, 2.75) is 57.2 Å². The standard InChI is InChI=1S/C24H26ClF3N2O6/c1-23(2,3)36-22(35)29-16(12-13-8-5-4-6-9-13)19(31)20(32)30-18(21(33)34)14-10-7-11-15(17(14)25)24(26,27)28/h4-11,16,18-19,31H,12H2,1-3H3,(H,29,35)(H,30,32)(H,33,34)/t16-,18-,19+/m1/s1. The first kappa shape index (κ1) is 28.9. The first-order chi connectivity index (χ1) is 16.6. The van der Waals surface area contributed by atoms with E-state index in [0.29, 0.717) is 11.6 Å². The molecule has 3 atom stereocenters. The van der Waals surface area contributed by atoms with Gasteiger partial charge in [-0.1, -0.05) is 54.1 Å². The summed E-state index contributed by atoms with van der Waals surface area (Å²) in [7, 11) is 0. The third-order valence-corrected chi connectivity index (χ3v) is 5.25. The largest absolute Gasteiger partial charge is 0.479 e. The molecule has 0 unspecified atom stereocenters. The van der Waals surface area contributed by atoms with E-state index in [0.717, 1.165) is 12.1 Å². The molecule has 196 valence electrons. The molecule has 0 saturated heterocycles. The molecule has 2 aromatic rings. The van der Waals surface area contributed by atoms with Crippen molar-refractivity contribution in [1.82, 2.24) is 10.6 Å². The number of aliphatic hydroxyl groups excluding tert-OH is 1. The van der Waals surface area contributed by atoms with Gasteiger partial charge in [-0.15, -0.1) is 0 Å². The third kappa shape index (κ3) is 8.13. The van der Waals surface area contributed by atoms with Crippen molar-refractivity contribution in [2.75, 3.05) is 0 Å². The average molecular weight is 531 g/mol. The lowest BCUT2D eigenvalue weighted by Crippen LogP contribution is -2.53. The van der Waals surface area contributed by atoms with Crippen molar-refractivity contribution in [3.8, 4) is 0 Å². The fraction of sp³-hybridized carbons (Fsp3) is 0.375. The highest BCUT2D eigenvalue weighted by atomic mass is 35.5. The number of hydrogen-bond acceptors (Lipinski definition) is 5. The number of benzene rings is 2. The number of carbonyl (C=O) groups is 3. The normalized spacial score (nSPS) is 14.3. The number of carboxylic acid groups (broad SMARTS) is 1. The lowest BCUT2D eigenvalue weighted by molar-refractivity contribution is -0.144. The molecule has 0 bridgehead atoms. The number of carbonyl (C=O) groups excluding carboxylic acids is 2. The maximum Gasteiger partial charge on any atom is 0.417 e. The van der Waals surface area contributed by atoms with Crippen LogP contribution in [0.5, 0.6) is 0 Å². The number of ether oxygens (including phenoxy) is 1. The molecule has 12 heteroatoms. The van der Waals surface area contributed by atoms with E-state index in [2.05, 4.69) is 5.32 Å². The Morgan fingerprint density at radius 2 is 1.61 bits per heavy atom. The van der Waals surface area contributed by atoms with Gasteiger partial charge in [0.25, 0.3) is 5.91 Å². The van der Waals surface area contributed by atoms with Gasteiger partial charge in [-0.25, -0.2) is 9.59 Å². The van der Waals surface area contributed by atoms with Gasteiger partial charge in [-0.3, -0.25) is 4.79 Å². The molecule has 0 aliphatic carbocycles. The Hall–Kier alpha value is -3.31. The zero-order valence-electron chi connectivity index (χ0n) is 19.6. The number of amides is 2. The molecule has 0 aromatic heterocycles. The molecule has 0 spiro atoms. The van der Waals surface area contributed by atoms with E-state index in [1.54, 1.807) is 51.1 Å². The van der Waals surface area contributed by atoms with Crippen LogP contribution in [-0.2, 0) is 26.9 Å². The maximum atomic E-state index is 13.2. The number of rotatable bonds is 8. The highest BCUT2D eigenvalue weighted by Gasteiger charge is 2.37. The van der Waals surface area contributed by atoms with Crippen LogP contribution in [0.25, 0.3) is 0 Å². The van der Waals surface area contributed by atoms with E-state index in [-0.39, 0.29) is 6.42 Å². The molecule has 0 aliphatic rings. The van der Waals surface area contributed by atoms with Gasteiger partial charge in [0.15, 0.2) is 12.1 Å². The van der Waals surface area contributed by atoms with Gasteiger partial charge in [0, 0.05) is 5.56 Å². The minimum atomic E-state index is -4.86. The lowest BCUT2D eigenvalue weighted by atomic mass is 9.99. The molecule has 0 heterocycles. The average Bonchev–Trinajstić information content (AvgIpc) is 2.75. The molecule has 0 radical (unpaired) electrons. The van der Waals surface area contributed by atoms with Gasteiger partial charge >= 0.3 is 18.2 Å². The molecule has 4 N–H and O–H groups in total. The Kier molecular flexibility index (Phi) is 9.33. The van der Waals surface area contributed by atoms with Crippen LogP contribution in [-0.4, -0.2) is 45.9 Å². The van der Waals surface area contributed by atoms with Crippen molar-refractivity contribution in [2.24, 2.45) is 0 Å². The van der Waals surface area contributed by atoms with E-state index in [1.807, 2.05) is 5.32 Å². The fourth-order valence-electron chi connectivity index (χ4n) is 3.24. The van der Waals surface area contributed by atoms with Gasteiger partial charge < -0.3 is 25.6 Å². The minimum Gasteiger partial charge on any atom is -0.479 e. The second-order valence-corrected chi connectivity index (χ2v) is 9.25. The van der Waals surface area contributed by atoms with E-state index >= 15 is 0 Å². The molecule has 0 aliphatic heterocycles. The summed E-state index contributed by atoms with van der Waals surface area (Å²) in [4.78, 5) is 37.0. The first-order valence-electron chi connectivity index (χ1n) is 10.7. The van der Waals surface area contributed by atoms with Crippen molar-refractivity contribution in [1.29, 1.82) is 0 Å². The van der Waals surface area contributed by atoms with Crippen LogP contribution in [0.15, 0.2) is 48.5 Å². The zero-order valence-corrected chi connectivity index (χ0v) is 20.4. The molecule has 8 nitrogen and oxygen atoms in total. The van der Waals surface area contributed by atoms with Crippen LogP contribution in [0.4, 0.5) is 18.0 Å². The molecular formula is C24H26ClF3N2O6. The van der Waals surface area contributed by atoms with Crippen molar-refractivity contribution in [3.63, 3.8) is 0 Å². The van der Waals surface area contributed by atoms with Crippen LogP contribution >= 0.6 is 11.6 Å². The Labute approximate surface area is 210 Å². The lowest BCUT2D eigenvalue weighted by Gasteiger charge is -2.27. The van der Waals surface area contributed by atoms with Crippen LogP contribution < -0.4 is 10.6 Å². The van der Waals surface area contributed by atoms with E-state index < -0.39 is 64.1 Å². The van der Waals surface area contributed by atoms with Crippen molar-refractivity contribution in [3.05, 3.63) is 70.2 Å². The number of aliphatic carboxylic acids is 1. The topological polar surface area (TPSA) is 125 Å². The van der Waals surface area contributed by atoms with Crippen LogP contribution in [0.2, 0.25) is 5.02 Å². The number of nitrogens with one attached hydrogen (secondary N) is 2. The summed E-state index contributed by atoms with van der Waals surface area (Å²) in [6.07, 6.45) is -7.84. The Morgan fingerprint density at radius 3 is 2.14 bits per heavy atom. The number of aliphatic hydroxyl groups is 1. The van der Waals surface area contributed by atoms with Gasteiger partial charge in [0.1, 0.15) is 5.60 Å². The predicted octanol–water partition coefficient (Wildman–Crippen LogP) is 4.10. The number of halogens is 4. The summed E-state index contributed by atoms with van der Waals surface area (Å²) in [6, 6.07) is 7.84. The Bertz CT molecular complexity index is 1090. The number of alkyl halides is 3. The maximum absolute atomic E-state index is 13.2. The molecule has 0 fully saturated rings. The quantitative estimate of drug-likeness (QED) is 0.407. The van der Waals surface area contributed by atoms with E-state index in [9.17, 15) is 37.8 Å². The summed E-state index contributed by atoms with van der Waals surface area (Å²) >= 11 is 5.82. The molecule has 36 heavy (non-hydrogen) atoms. The van der Waals surface area contributed by atoms with Gasteiger partial charge in [-0.05, 0) is 38.8 Å². The van der Waals surface area contributed by atoms with Crippen molar-refractivity contribution >= 4 is 29.6 Å². The SMILES string of the molecule is CC(C)(C)OC(=O)N[C@H](Cc1ccccc1)[C@H](O)C(=O)N[C@@H](C(=O)O)c1cccc(C(F)(F)F)c1Cl. The summed E-state index contributed by atoms with van der Waals surface area (Å²) in [5, 5.41) is 23.8. The molecular weight excluding hydrogens is 505 g/mol. The second-order valence-electron chi connectivity index (χ2n) is 8.87. The Morgan fingerprint density at radius 1 is 1.00 bits per heavy atom. The highest BCUT2D eigenvalue weighted by molar-refractivity contribution is 6.32. The molecule has 2 aromatic carbocycles. The smallest absolute Gasteiger partial charge is 0.417 e. The molecule has 0 saturated carbocycles. The van der Waals surface area contributed by atoms with Gasteiger partial charge in [-0.2, -0.15) is 13.2 Å². The number of carboxylic acids is 1. The van der Waals surface area contributed by atoms with Gasteiger partial charge in [0.05, 0.1) is 16.6 Å². The summed E-state index contributed by atoms with van der Waals surface area (Å²) in [6.45, 7) is 4.83. The summed E-state index contributed by atoms with van der Waals surface area (Å²) < 4.78 is 44.8. The first-order valence-corrected chi connectivity index (χ1v) is 11.1. The summed E-state index contributed by atoms with van der Waals surface area (Å²) in [5.74, 6) is -2.97. The zero-order chi connectivity index (χ0) is 27.3. The van der Waals surface area contributed by atoms with Crippen LogP contribution in [0.1, 0.15) is 43.5 Å². The van der Waals surface area contributed by atoms with E-state index in [1.165, 1.54) is 0 Å². The second kappa shape index (κ2) is 11.6. The minimum absolute atomic E-state index is 0.0449. The van der Waals surface area contributed by atoms with Crippen LogP contribution in [0, 0.1) is 0 Å². The molecule has 2 amide bonds. The van der Waals surface area contributed by atoms with Crippen LogP contribution in [0.3, 0.4) is 0 Å². The van der Waals surface area contributed by atoms with Gasteiger partial charge in [0.2, 0.25) is 0 Å². The third-order valence-electron chi connectivity index (χ3n) is 4.83. The van der Waals surface area contributed by atoms with Crippen molar-refractivity contribution < 1.29 is 42.5 Å². The monoisotopic (exact) mass is 530 g/mol.